The molecule has 1 fully saturated rings. The Labute approximate surface area is 156 Å². The minimum atomic E-state index is -0.142. The van der Waals surface area contributed by atoms with E-state index in [9.17, 15) is 4.79 Å². The largest absolute Gasteiger partial charge is 0.488 e. The molecule has 3 aromatic rings. The average Bonchev–Trinajstić information content (AvgIpc) is 2.70. The highest BCUT2D eigenvalue weighted by atomic mass is 16.5. The molecule has 4 rings (SSSR count). The Bertz CT molecular complexity index is 941. The van der Waals surface area contributed by atoms with Gasteiger partial charge in [0.15, 0.2) is 0 Å². The van der Waals surface area contributed by atoms with Crippen molar-refractivity contribution in [1.82, 2.24) is 25.3 Å². The number of aromatic nitrogens is 4. The summed E-state index contributed by atoms with van der Waals surface area (Å²) in [4.78, 5) is 28.6. The zero-order valence-electron chi connectivity index (χ0n) is 14.7. The van der Waals surface area contributed by atoms with Crippen molar-refractivity contribution in [3.63, 3.8) is 0 Å². The first-order valence-corrected chi connectivity index (χ1v) is 8.92. The molecule has 2 heterocycles. The maximum Gasteiger partial charge on any atom is 0.254 e. The van der Waals surface area contributed by atoms with Crippen LogP contribution in [0.3, 0.4) is 0 Å². The summed E-state index contributed by atoms with van der Waals surface area (Å²) in [5.41, 5.74) is 8.47. The summed E-state index contributed by atoms with van der Waals surface area (Å²) >= 11 is 0. The van der Waals surface area contributed by atoms with Gasteiger partial charge in [-0.1, -0.05) is 0 Å². The zero-order valence-corrected chi connectivity index (χ0v) is 14.7. The van der Waals surface area contributed by atoms with Crippen LogP contribution in [-0.4, -0.2) is 38.0 Å². The lowest BCUT2D eigenvalue weighted by molar-refractivity contribution is 0.0894. The molecule has 3 N–H and O–H groups in total. The molecule has 8 heteroatoms. The van der Waals surface area contributed by atoms with Crippen LogP contribution in [0.25, 0.3) is 11.0 Å². The van der Waals surface area contributed by atoms with E-state index in [0.717, 1.165) is 31.2 Å². The van der Waals surface area contributed by atoms with E-state index in [4.69, 9.17) is 10.5 Å². The third-order valence-electron chi connectivity index (χ3n) is 4.69. The lowest BCUT2D eigenvalue weighted by atomic mass is 9.92. The Balaban J connectivity index is 1.37. The molecule has 0 spiro atoms. The Morgan fingerprint density at radius 1 is 1.07 bits per heavy atom. The summed E-state index contributed by atoms with van der Waals surface area (Å²) in [5.74, 6) is 0.518. The van der Waals surface area contributed by atoms with E-state index in [0.29, 0.717) is 22.5 Å². The number of carbonyl (C=O) groups is 1. The third kappa shape index (κ3) is 3.94. The highest BCUT2D eigenvalue weighted by Gasteiger charge is 2.25. The Hall–Kier alpha value is -3.29. The van der Waals surface area contributed by atoms with Gasteiger partial charge in [-0.15, -0.1) is 0 Å². The number of benzene rings is 1. The molecule has 1 amide bonds. The van der Waals surface area contributed by atoms with Crippen molar-refractivity contribution < 1.29 is 9.53 Å². The smallest absolute Gasteiger partial charge is 0.254 e. The van der Waals surface area contributed by atoms with Gasteiger partial charge in [0.05, 0.1) is 17.2 Å². The first-order chi connectivity index (χ1) is 13.2. The predicted molar refractivity (Wildman–Crippen MR) is 100 cm³/mol. The minimum absolute atomic E-state index is 0.0604. The SMILES string of the molecule is Nc1cc(OC2CCC(NC(=O)c3cncnc3)CC2)c2nccnc2c1. The van der Waals surface area contributed by atoms with Crippen LogP contribution in [0, 0.1) is 0 Å². The monoisotopic (exact) mass is 364 g/mol. The van der Waals surface area contributed by atoms with E-state index < -0.39 is 0 Å². The van der Waals surface area contributed by atoms with Gasteiger partial charge in [-0.25, -0.2) is 15.0 Å². The molecular weight excluding hydrogens is 344 g/mol. The molecule has 1 aromatic carbocycles. The van der Waals surface area contributed by atoms with E-state index in [1.54, 1.807) is 24.5 Å². The number of hydrogen-bond donors (Lipinski definition) is 2. The van der Waals surface area contributed by atoms with E-state index >= 15 is 0 Å². The maximum absolute atomic E-state index is 12.2. The summed E-state index contributed by atoms with van der Waals surface area (Å²) in [6.45, 7) is 0. The zero-order chi connectivity index (χ0) is 18.6. The number of rotatable bonds is 4. The second kappa shape index (κ2) is 7.53. The second-order valence-electron chi connectivity index (χ2n) is 6.64. The van der Waals surface area contributed by atoms with Crippen molar-refractivity contribution in [3.05, 3.63) is 48.8 Å². The first-order valence-electron chi connectivity index (χ1n) is 8.92. The third-order valence-corrected chi connectivity index (χ3v) is 4.69. The fourth-order valence-electron chi connectivity index (χ4n) is 3.34. The van der Waals surface area contributed by atoms with Gasteiger partial charge in [0.2, 0.25) is 0 Å². The number of nitrogens with zero attached hydrogens (tertiary/aromatic N) is 4. The number of fused-ring (bicyclic) bond motifs is 1. The molecule has 1 aliphatic rings. The van der Waals surface area contributed by atoms with E-state index in [1.807, 2.05) is 0 Å². The molecule has 27 heavy (non-hydrogen) atoms. The molecule has 8 nitrogen and oxygen atoms in total. The number of nitrogens with two attached hydrogens (primary N) is 1. The Kier molecular flexibility index (Phi) is 4.78. The van der Waals surface area contributed by atoms with Crippen LogP contribution >= 0.6 is 0 Å². The highest BCUT2D eigenvalue weighted by molar-refractivity contribution is 5.93. The summed E-state index contributed by atoms with van der Waals surface area (Å²) in [5, 5.41) is 3.04. The number of carbonyl (C=O) groups excluding carboxylic acids is 1. The standard InChI is InChI=1S/C19H20N6O2/c20-13-7-16-18(24-6-5-23-16)17(8-13)27-15-3-1-14(2-4-15)25-19(26)12-9-21-11-22-10-12/h5-11,14-15H,1-4,20H2,(H,25,26). The van der Waals surface area contributed by atoms with E-state index in [-0.39, 0.29) is 18.1 Å². The molecule has 0 saturated heterocycles. The van der Waals surface area contributed by atoms with Crippen LogP contribution in [-0.2, 0) is 0 Å². The molecular formula is C19H20N6O2. The Morgan fingerprint density at radius 3 is 2.59 bits per heavy atom. The molecule has 0 bridgehead atoms. The van der Waals surface area contributed by atoms with Crippen LogP contribution < -0.4 is 15.8 Å². The molecule has 1 saturated carbocycles. The average molecular weight is 364 g/mol. The predicted octanol–water partition coefficient (Wildman–Crippen LogP) is 2.12. The van der Waals surface area contributed by atoms with Crippen molar-refractivity contribution in [2.75, 3.05) is 5.73 Å². The van der Waals surface area contributed by atoms with Crippen molar-refractivity contribution in [1.29, 1.82) is 0 Å². The van der Waals surface area contributed by atoms with Gasteiger partial charge < -0.3 is 15.8 Å². The van der Waals surface area contributed by atoms with E-state index in [2.05, 4.69) is 25.3 Å². The molecule has 138 valence electrons. The number of nitrogens with one attached hydrogen (secondary N) is 1. The second-order valence-corrected chi connectivity index (χ2v) is 6.64. The number of amides is 1. The number of ether oxygens (including phenoxy) is 1. The van der Waals surface area contributed by atoms with Crippen molar-refractivity contribution in [2.45, 2.75) is 37.8 Å². The fourth-order valence-corrected chi connectivity index (χ4v) is 3.34. The van der Waals surface area contributed by atoms with Crippen LogP contribution in [0.1, 0.15) is 36.0 Å². The molecule has 0 unspecified atom stereocenters. The maximum atomic E-state index is 12.2. The van der Waals surface area contributed by atoms with E-state index in [1.165, 1.54) is 18.7 Å². The van der Waals surface area contributed by atoms with Crippen LogP contribution in [0.5, 0.6) is 5.75 Å². The number of nitrogen functional groups attached to an aromatic ring is 1. The number of hydrogen-bond acceptors (Lipinski definition) is 7. The van der Waals surface area contributed by atoms with Crippen molar-refractivity contribution >= 4 is 22.6 Å². The summed E-state index contributed by atoms with van der Waals surface area (Å²) < 4.78 is 6.17. The summed E-state index contributed by atoms with van der Waals surface area (Å²) in [6, 6.07) is 3.70. The topological polar surface area (TPSA) is 116 Å². The van der Waals surface area contributed by atoms with Gasteiger partial charge >= 0.3 is 0 Å². The molecule has 0 aliphatic heterocycles. The van der Waals surface area contributed by atoms with Crippen molar-refractivity contribution in [3.8, 4) is 5.75 Å². The van der Waals surface area contributed by atoms with Gasteiger partial charge in [-0.2, -0.15) is 0 Å². The van der Waals surface area contributed by atoms with Crippen LogP contribution in [0.2, 0.25) is 0 Å². The van der Waals surface area contributed by atoms with Crippen molar-refractivity contribution in [2.24, 2.45) is 0 Å². The minimum Gasteiger partial charge on any atom is -0.488 e. The normalized spacial score (nSPS) is 19.6. The molecule has 2 aromatic heterocycles. The molecule has 0 radical (unpaired) electrons. The van der Waals surface area contributed by atoms with Crippen LogP contribution in [0.15, 0.2) is 43.2 Å². The Morgan fingerprint density at radius 2 is 1.81 bits per heavy atom. The summed E-state index contributed by atoms with van der Waals surface area (Å²) in [7, 11) is 0. The van der Waals surface area contributed by atoms with Crippen LogP contribution in [0.4, 0.5) is 5.69 Å². The van der Waals surface area contributed by atoms with Gasteiger partial charge in [-0.05, 0) is 31.7 Å². The van der Waals surface area contributed by atoms with Gasteiger partial charge in [0.25, 0.3) is 5.91 Å². The van der Waals surface area contributed by atoms with Gasteiger partial charge in [0, 0.05) is 42.6 Å². The first kappa shape index (κ1) is 17.1. The quantitative estimate of drug-likeness (QED) is 0.681. The summed E-state index contributed by atoms with van der Waals surface area (Å²) in [6.07, 6.45) is 11.1. The lowest BCUT2D eigenvalue weighted by Crippen LogP contribution is -2.39. The lowest BCUT2D eigenvalue weighted by Gasteiger charge is -2.29. The molecule has 0 atom stereocenters. The highest BCUT2D eigenvalue weighted by Crippen LogP contribution is 2.30. The van der Waals surface area contributed by atoms with Gasteiger partial charge in [-0.3, -0.25) is 9.78 Å². The molecule has 1 aliphatic carbocycles. The fraction of sp³-hybridized carbons (Fsp3) is 0.316. The number of anilines is 1. The van der Waals surface area contributed by atoms with Gasteiger partial charge in [0.1, 0.15) is 17.6 Å².